The lowest BCUT2D eigenvalue weighted by Crippen LogP contribution is -2.21. The molecular weight excluding hydrogens is 304 g/mol. The Morgan fingerprint density at radius 1 is 1.17 bits per heavy atom. The number of benzene rings is 2. The van der Waals surface area contributed by atoms with E-state index in [9.17, 15) is 15.0 Å². The van der Waals surface area contributed by atoms with E-state index in [1.54, 1.807) is 6.08 Å². The largest absolute Gasteiger partial charge is 0.507 e. The molecule has 124 valence electrons. The number of hydrogen-bond donors (Lipinski definition) is 2. The van der Waals surface area contributed by atoms with Crippen molar-refractivity contribution >= 4 is 11.9 Å². The van der Waals surface area contributed by atoms with Gasteiger partial charge in [0.2, 0.25) is 0 Å². The van der Waals surface area contributed by atoms with Crippen LogP contribution in [0.4, 0.5) is 0 Å². The number of allylic oxidation sites excluding steroid dienone is 1. The van der Waals surface area contributed by atoms with Gasteiger partial charge in [-0.3, -0.25) is 4.79 Å². The number of aromatic hydroxyl groups is 2. The van der Waals surface area contributed by atoms with Crippen molar-refractivity contribution in [3.05, 3.63) is 59.2 Å². The molecule has 0 saturated heterocycles. The van der Waals surface area contributed by atoms with Crippen LogP contribution in [0.5, 0.6) is 17.2 Å². The Bertz CT molecular complexity index is 791. The van der Waals surface area contributed by atoms with E-state index >= 15 is 0 Å². The molecule has 4 heteroatoms. The van der Waals surface area contributed by atoms with E-state index < -0.39 is 6.10 Å². The van der Waals surface area contributed by atoms with E-state index in [1.165, 1.54) is 6.07 Å². The van der Waals surface area contributed by atoms with E-state index in [0.717, 1.165) is 5.56 Å². The van der Waals surface area contributed by atoms with Crippen molar-refractivity contribution in [2.24, 2.45) is 5.92 Å². The molecule has 3 rings (SSSR count). The number of Topliss-reactive ketones (excluding diaryl/α,β-unsaturated/α-hetero) is 1. The highest BCUT2D eigenvalue weighted by atomic mass is 16.5. The summed E-state index contributed by atoms with van der Waals surface area (Å²) < 4.78 is 6.02. The second-order valence-corrected chi connectivity index (χ2v) is 6.28. The predicted molar refractivity (Wildman–Crippen MR) is 92.4 cm³/mol. The average Bonchev–Trinajstić information content (AvgIpc) is 2.54. The van der Waals surface area contributed by atoms with Gasteiger partial charge < -0.3 is 14.9 Å². The topological polar surface area (TPSA) is 66.8 Å². The van der Waals surface area contributed by atoms with Crippen LogP contribution >= 0.6 is 0 Å². The third-order valence-electron chi connectivity index (χ3n) is 4.01. The number of rotatable bonds is 3. The minimum atomic E-state index is -0.432. The molecule has 1 aliphatic heterocycles. The lowest BCUT2D eigenvalue weighted by atomic mass is 9.93. The number of hydrogen-bond acceptors (Lipinski definition) is 4. The lowest BCUT2D eigenvalue weighted by molar-refractivity contribution is 0.0844. The highest BCUT2D eigenvalue weighted by molar-refractivity contribution is 6.04. The Morgan fingerprint density at radius 2 is 1.88 bits per heavy atom. The van der Waals surface area contributed by atoms with Crippen LogP contribution < -0.4 is 4.74 Å². The minimum Gasteiger partial charge on any atom is -0.507 e. The number of fused-ring (bicyclic) bond motifs is 1. The molecule has 2 aromatic rings. The number of carbonyl (C=O) groups excluding carboxylic acids is 1. The fraction of sp³-hybridized carbons (Fsp3) is 0.250. The third-order valence-corrected chi connectivity index (χ3v) is 4.01. The van der Waals surface area contributed by atoms with Gasteiger partial charge in [0, 0.05) is 6.07 Å². The van der Waals surface area contributed by atoms with Crippen molar-refractivity contribution in [3.63, 3.8) is 0 Å². The Kier molecular flexibility index (Phi) is 4.30. The SMILES string of the molecule is CC(C)/C=C/c1c(O)cc(O)c2c1O[C@H](c1ccccc1)CC2=O. The molecule has 24 heavy (non-hydrogen) atoms. The summed E-state index contributed by atoms with van der Waals surface area (Å²) in [4.78, 5) is 12.5. The van der Waals surface area contributed by atoms with Gasteiger partial charge in [0.25, 0.3) is 0 Å². The summed E-state index contributed by atoms with van der Waals surface area (Å²) in [6, 6.07) is 10.7. The maximum atomic E-state index is 12.5. The van der Waals surface area contributed by atoms with Crippen molar-refractivity contribution in [2.75, 3.05) is 0 Å². The molecule has 1 aliphatic rings. The predicted octanol–water partition coefficient (Wildman–Crippen LogP) is 4.47. The fourth-order valence-electron chi connectivity index (χ4n) is 2.80. The van der Waals surface area contributed by atoms with Gasteiger partial charge in [-0.15, -0.1) is 0 Å². The van der Waals surface area contributed by atoms with Crippen molar-refractivity contribution in [2.45, 2.75) is 26.4 Å². The summed E-state index contributed by atoms with van der Waals surface area (Å²) in [7, 11) is 0. The van der Waals surface area contributed by atoms with Gasteiger partial charge in [0.15, 0.2) is 5.78 Å². The average molecular weight is 324 g/mol. The zero-order valence-corrected chi connectivity index (χ0v) is 13.7. The summed E-state index contributed by atoms with van der Waals surface area (Å²) in [5.74, 6) is -0.0280. The first-order chi connectivity index (χ1) is 11.5. The van der Waals surface area contributed by atoms with E-state index in [1.807, 2.05) is 50.3 Å². The first kappa shape index (κ1) is 16.1. The van der Waals surface area contributed by atoms with E-state index in [-0.39, 0.29) is 40.9 Å². The van der Waals surface area contributed by atoms with Crippen LogP contribution in [0.2, 0.25) is 0 Å². The molecule has 4 nitrogen and oxygen atoms in total. The van der Waals surface area contributed by atoms with Gasteiger partial charge in [-0.05, 0) is 11.5 Å². The molecule has 0 aliphatic carbocycles. The second kappa shape index (κ2) is 6.40. The van der Waals surface area contributed by atoms with E-state index in [2.05, 4.69) is 0 Å². The molecule has 0 amide bonds. The second-order valence-electron chi connectivity index (χ2n) is 6.28. The molecule has 0 fully saturated rings. The van der Waals surface area contributed by atoms with Crippen LogP contribution in [0, 0.1) is 5.92 Å². The maximum absolute atomic E-state index is 12.5. The summed E-state index contributed by atoms with van der Waals surface area (Å²) in [5, 5.41) is 20.3. The standard InChI is InChI=1S/C20H20O4/c1-12(2)8-9-14-15(21)10-16(22)19-17(23)11-18(24-20(14)19)13-6-4-3-5-7-13/h3-10,12,18,21-22H,11H2,1-2H3/b9-8+/t18-/m0/s1. The molecule has 1 heterocycles. The van der Waals surface area contributed by atoms with Gasteiger partial charge in [-0.2, -0.15) is 0 Å². The van der Waals surface area contributed by atoms with E-state index in [0.29, 0.717) is 5.56 Å². The number of phenolic OH excluding ortho intramolecular Hbond substituents is 2. The molecule has 2 N–H and O–H groups in total. The highest BCUT2D eigenvalue weighted by Crippen LogP contribution is 2.45. The zero-order valence-electron chi connectivity index (χ0n) is 13.7. The molecule has 0 spiro atoms. The summed E-state index contributed by atoms with van der Waals surface area (Å²) in [6.07, 6.45) is 3.37. The quantitative estimate of drug-likeness (QED) is 0.874. The Morgan fingerprint density at radius 3 is 2.54 bits per heavy atom. The summed E-state index contributed by atoms with van der Waals surface area (Å²) in [6.45, 7) is 4.03. The van der Waals surface area contributed by atoms with Crippen molar-refractivity contribution in [1.29, 1.82) is 0 Å². The minimum absolute atomic E-state index is 0.107. The first-order valence-corrected chi connectivity index (χ1v) is 7.99. The number of ketones is 1. The van der Waals surface area contributed by atoms with Gasteiger partial charge in [0.1, 0.15) is 28.9 Å². The van der Waals surface area contributed by atoms with Crippen LogP contribution in [0.1, 0.15) is 47.9 Å². The van der Waals surface area contributed by atoms with Crippen LogP contribution in [0.15, 0.2) is 42.5 Å². The molecule has 2 aromatic carbocycles. The van der Waals surface area contributed by atoms with Crippen LogP contribution in [0.3, 0.4) is 0 Å². The number of ether oxygens (including phenoxy) is 1. The van der Waals surface area contributed by atoms with Gasteiger partial charge >= 0.3 is 0 Å². The van der Waals surface area contributed by atoms with E-state index in [4.69, 9.17) is 4.74 Å². The first-order valence-electron chi connectivity index (χ1n) is 7.99. The number of carbonyl (C=O) groups is 1. The molecule has 0 bridgehead atoms. The third kappa shape index (κ3) is 3.00. The van der Waals surface area contributed by atoms with Crippen LogP contribution in [-0.2, 0) is 0 Å². The monoisotopic (exact) mass is 324 g/mol. The molecule has 1 atom stereocenters. The van der Waals surface area contributed by atoms with Gasteiger partial charge in [0.05, 0.1) is 12.0 Å². The zero-order chi connectivity index (χ0) is 17.3. The smallest absolute Gasteiger partial charge is 0.174 e. The highest BCUT2D eigenvalue weighted by Gasteiger charge is 2.33. The van der Waals surface area contributed by atoms with Gasteiger partial charge in [-0.1, -0.05) is 56.3 Å². The Labute approximate surface area is 141 Å². The van der Waals surface area contributed by atoms with Crippen molar-refractivity contribution in [1.82, 2.24) is 0 Å². The maximum Gasteiger partial charge on any atom is 0.174 e. The Hall–Kier alpha value is -2.75. The van der Waals surface area contributed by atoms with Crippen LogP contribution in [-0.4, -0.2) is 16.0 Å². The number of phenols is 2. The molecule has 0 aromatic heterocycles. The Balaban J connectivity index is 2.10. The summed E-state index contributed by atoms with van der Waals surface area (Å²) in [5.41, 5.74) is 1.45. The molecule has 0 saturated carbocycles. The molecule has 0 unspecified atom stereocenters. The van der Waals surface area contributed by atoms with Crippen molar-refractivity contribution < 1.29 is 19.7 Å². The normalized spacial score (nSPS) is 17.1. The molecule has 0 radical (unpaired) electrons. The molecular formula is C20H20O4. The van der Waals surface area contributed by atoms with Crippen molar-refractivity contribution in [3.8, 4) is 17.2 Å². The lowest BCUT2D eigenvalue weighted by Gasteiger charge is -2.27. The fourth-order valence-corrected chi connectivity index (χ4v) is 2.80. The van der Waals surface area contributed by atoms with Gasteiger partial charge in [-0.25, -0.2) is 0 Å². The summed E-state index contributed by atoms with van der Waals surface area (Å²) >= 11 is 0. The van der Waals surface area contributed by atoms with Crippen LogP contribution in [0.25, 0.3) is 6.08 Å².